The van der Waals surface area contributed by atoms with Gasteiger partial charge in [0.15, 0.2) is 0 Å². The molecule has 1 saturated heterocycles. The monoisotopic (exact) mass is 269 g/mol. The van der Waals surface area contributed by atoms with Gasteiger partial charge in [-0.25, -0.2) is 0 Å². The van der Waals surface area contributed by atoms with E-state index in [2.05, 4.69) is 49.9 Å². The van der Waals surface area contributed by atoms with Crippen LogP contribution in [0, 0.1) is 5.41 Å². The van der Waals surface area contributed by atoms with Crippen molar-refractivity contribution in [3.05, 3.63) is 0 Å². The molecule has 0 aliphatic carbocycles. The third-order valence-electron chi connectivity index (χ3n) is 4.42. The van der Waals surface area contributed by atoms with Crippen LogP contribution in [-0.4, -0.2) is 62.2 Å². The van der Waals surface area contributed by atoms with E-state index in [4.69, 9.17) is 0 Å². The molecule has 19 heavy (non-hydrogen) atoms. The second-order valence-electron chi connectivity index (χ2n) is 6.78. The van der Waals surface area contributed by atoms with Crippen molar-refractivity contribution in [2.75, 3.05) is 46.3 Å². The van der Waals surface area contributed by atoms with Crippen molar-refractivity contribution in [1.82, 2.24) is 15.1 Å². The molecular formula is C16H35N3. The van der Waals surface area contributed by atoms with Crippen LogP contribution in [0.4, 0.5) is 0 Å². The molecule has 0 aromatic rings. The summed E-state index contributed by atoms with van der Waals surface area (Å²) in [4.78, 5) is 5.20. The first-order chi connectivity index (χ1) is 9.00. The zero-order chi connectivity index (χ0) is 14.3. The number of hydrogen-bond donors (Lipinski definition) is 1. The molecule has 0 radical (unpaired) electrons. The predicted molar refractivity (Wildman–Crippen MR) is 84.7 cm³/mol. The molecule has 0 amide bonds. The Labute approximate surface area is 120 Å². The highest BCUT2D eigenvalue weighted by molar-refractivity contribution is 4.84. The number of rotatable bonds is 7. The van der Waals surface area contributed by atoms with Crippen LogP contribution in [0.3, 0.4) is 0 Å². The van der Waals surface area contributed by atoms with Gasteiger partial charge < -0.3 is 10.2 Å². The minimum atomic E-state index is 0.419. The van der Waals surface area contributed by atoms with Crippen LogP contribution in [0.1, 0.15) is 47.0 Å². The topological polar surface area (TPSA) is 18.5 Å². The third kappa shape index (κ3) is 5.80. The summed E-state index contributed by atoms with van der Waals surface area (Å²) in [5.74, 6) is 0. The van der Waals surface area contributed by atoms with Gasteiger partial charge in [0, 0.05) is 25.7 Å². The Bertz CT molecular complexity index is 244. The van der Waals surface area contributed by atoms with Crippen molar-refractivity contribution in [2.45, 2.75) is 53.0 Å². The molecule has 1 aliphatic rings. The Kier molecular flexibility index (Phi) is 7.33. The molecule has 0 aromatic heterocycles. The van der Waals surface area contributed by atoms with Gasteiger partial charge in [-0.05, 0) is 51.9 Å². The maximum atomic E-state index is 3.57. The minimum absolute atomic E-state index is 0.419. The summed E-state index contributed by atoms with van der Waals surface area (Å²) in [6.45, 7) is 16.6. The largest absolute Gasteiger partial charge is 0.316 e. The van der Waals surface area contributed by atoms with Gasteiger partial charge in [0.1, 0.15) is 0 Å². The lowest BCUT2D eigenvalue weighted by Crippen LogP contribution is -2.47. The molecule has 2 atom stereocenters. The van der Waals surface area contributed by atoms with Crippen molar-refractivity contribution in [1.29, 1.82) is 0 Å². The Balaban J connectivity index is 2.60. The summed E-state index contributed by atoms with van der Waals surface area (Å²) >= 11 is 0. The van der Waals surface area contributed by atoms with Crippen LogP contribution >= 0.6 is 0 Å². The van der Waals surface area contributed by atoms with E-state index in [1.807, 2.05) is 0 Å². The van der Waals surface area contributed by atoms with Gasteiger partial charge in [0.2, 0.25) is 0 Å². The molecule has 0 aromatic carbocycles. The number of nitrogens with one attached hydrogen (secondary N) is 1. The average Bonchev–Trinajstić information content (AvgIpc) is 2.49. The second-order valence-corrected chi connectivity index (χ2v) is 6.78. The van der Waals surface area contributed by atoms with Gasteiger partial charge in [-0.15, -0.1) is 0 Å². The second kappa shape index (κ2) is 8.23. The molecule has 1 rings (SSSR count). The van der Waals surface area contributed by atoms with E-state index < -0.39 is 0 Å². The molecule has 114 valence electrons. The molecule has 1 heterocycles. The van der Waals surface area contributed by atoms with Crippen LogP contribution in [0.15, 0.2) is 0 Å². The van der Waals surface area contributed by atoms with Crippen molar-refractivity contribution in [3.63, 3.8) is 0 Å². The van der Waals surface area contributed by atoms with Crippen LogP contribution in [0.25, 0.3) is 0 Å². The first-order valence-corrected chi connectivity index (χ1v) is 8.14. The van der Waals surface area contributed by atoms with Gasteiger partial charge in [-0.3, -0.25) is 4.90 Å². The number of nitrogens with zero attached hydrogens (tertiary/aromatic N) is 2. The minimum Gasteiger partial charge on any atom is -0.316 e. The van der Waals surface area contributed by atoms with Gasteiger partial charge in [0.05, 0.1) is 0 Å². The molecule has 1 aliphatic heterocycles. The lowest BCUT2D eigenvalue weighted by Gasteiger charge is -2.38. The lowest BCUT2D eigenvalue weighted by atomic mass is 9.84. The van der Waals surface area contributed by atoms with E-state index in [-0.39, 0.29) is 0 Å². The lowest BCUT2D eigenvalue weighted by molar-refractivity contribution is 0.117. The Morgan fingerprint density at radius 1 is 1.26 bits per heavy atom. The highest BCUT2D eigenvalue weighted by Crippen LogP contribution is 2.25. The first-order valence-electron chi connectivity index (χ1n) is 8.14. The summed E-state index contributed by atoms with van der Waals surface area (Å²) in [6, 6.07) is 0.685. The quantitative estimate of drug-likeness (QED) is 0.766. The van der Waals surface area contributed by atoms with E-state index in [0.717, 1.165) is 13.1 Å². The molecule has 0 bridgehead atoms. The van der Waals surface area contributed by atoms with Crippen LogP contribution < -0.4 is 5.32 Å². The zero-order valence-corrected chi connectivity index (χ0v) is 13.8. The van der Waals surface area contributed by atoms with E-state index in [1.165, 1.54) is 45.4 Å². The van der Waals surface area contributed by atoms with E-state index in [9.17, 15) is 0 Å². The van der Waals surface area contributed by atoms with E-state index in [0.29, 0.717) is 11.5 Å². The molecule has 0 saturated carbocycles. The van der Waals surface area contributed by atoms with Crippen LogP contribution in [0.5, 0.6) is 0 Å². The summed E-state index contributed by atoms with van der Waals surface area (Å²) in [7, 11) is 2.25. The van der Waals surface area contributed by atoms with Crippen LogP contribution in [0.2, 0.25) is 0 Å². The summed E-state index contributed by atoms with van der Waals surface area (Å²) in [5.41, 5.74) is 0.419. The molecule has 3 heteroatoms. The molecular weight excluding hydrogens is 234 g/mol. The Morgan fingerprint density at radius 2 is 2.00 bits per heavy atom. The van der Waals surface area contributed by atoms with Crippen LogP contribution in [-0.2, 0) is 0 Å². The van der Waals surface area contributed by atoms with Gasteiger partial charge in [-0.2, -0.15) is 0 Å². The predicted octanol–water partition coefficient (Wildman–Crippen LogP) is 2.43. The number of hydrogen-bond acceptors (Lipinski definition) is 3. The smallest absolute Gasteiger partial charge is 0.0195 e. The van der Waals surface area contributed by atoms with Gasteiger partial charge in [0.25, 0.3) is 0 Å². The van der Waals surface area contributed by atoms with Gasteiger partial charge >= 0.3 is 0 Å². The molecule has 1 fully saturated rings. The fraction of sp³-hybridized carbons (Fsp3) is 1.00. The fourth-order valence-corrected chi connectivity index (χ4v) is 3.40. The number of likely N-dealkylation sites (N-methyl/N-ethyl adjacent to an activating group) is 1. The normalized spacial score (nSPS) is 26.1. The van der Waals surface area contributed by atoms with Crippen molar-refractivity contribution in [2.24, 2.45) is 5.41 Å². The molecule has 1 N–H and O–H groups in total. The summed E-state index contributed by atoms with van der Waals surface area (Å²) in [5, 5.41) is 3.57. The Hall–Kier alpha value is -0.120. The highest BCUT2D eigenvalue weighted by atomic mass is 15.2. The maximum Gasteiger partial charge on any atom is 0.0195 e. The van der Waals surface area contributed by atoms with Crippen molar-refractivity contribution >= 4 is 0 Å². The summed E-state index contributed by atoms with van der Waals surface area (Å²) in [6.07, 6.45) is 3.91. The first kappa shape index (κ1) is 16.9. The van der Waals surface area contributed by atoms with Gasteiger partial charge in [-0.1, -0.05) is 27.2 Å². The molecule has 3 nitrogen and oxygen atoms in total. The molecule has 0 spiro atoms. The van der Waals surface area contributed by atoms with Crippen molar-refractivity contribution in [3.8, 4) is 0 Å². The molecule has 2 unspecified atom stereocenters. The average molecular weight is 269 g/mol. The fourth-order valence-electron chi connectivity index (χ4n) is 3.40. The Morgan fingerprint density at radius 3 is 2.63 bits per heavy atom. The maximum absolute atomic E-state index is 3.57. The standard InChI is InChI=1S/C16H35N3/c1-6-9-16(4,13-17-7-2)14-19-11-8-10-18(5)12-15(19)3/h15,17H,6-14H2,1-5H3. The SMILES string of the molecule is CCCC(C)(CNCC)CN1CCCN(C)CC1C. The van der Waals surface area contributed by atoms with Crippen molar-refractivity contribution < 1.29 is 0 Å². The van der Waals surface area contributed by atoms with E-state index >= 15 is 0 Å². The summed E-state index contributed by atoms with van der Waals surface area (Å²) < 4.78 is 0. The zero-order valence-electron chi connectivity index (χ0n) is 13.8. The third-order valence-corrected chi connectivity index (χ3v) is 4.42. The highest BCUT2D eigenvalue weighted by Gasteiger charge is 2.29. The van der Waals surface area contributed by atoms with E-state index in [1.54, 1.807) is 0 Å².